The van der Waals surface area contributed by atoms with Crippen molar-refractivity contribution in [3.05, 3.63) is 71.0 Å². The molecule has 3 aromatic rings. The maximum Gasteiger partial charge on any atom is 0.338 e. The molecule has 0 fully saturated rings. The van der Waals surface area contributed by atoms with Gasteiger partial charge in [0.2, 0.25) is 0 Å². The molecular formula is C24H24N2O6S2. The lowest BCUT2D eigenvalue weighted by Gasteiger charge is -2.23. The summed E-state index contributed by atoms with van der Waals surface area (Å²) in [5.74, 6) is 1.09. The summed E-state index contributed by atoms with van der Waals surface area (Å²) in [6.45, 7) is 3.75. The van der Waals surface area contributed by atoms with Crippen molar-refractivity contribution < 1.29 is 23.7 Å². The molecule has 34 heavy (non-hydrogen) atoms. The van der Waals surface area contributed by atoms with Gasteiger partial charge in [-0.3, -0.25) is 9.36 Å². The van der Waals surface area contributed by atoms with E-state index in [0.29, 0.717) is 43.4 Å². The second kappa shape index (κ2) is 9.86. The summed E-state index contributed by atoms with van der Waals surface area (Å²) in [5.41, 5.74) is 1.30. The minimum Gasteiger partial charge on any atom is -0.496 e. The molecule has 0 amide bonds. The summed E-state index contributed by atoms with van der Waals surface area (Å²) >= 11 is 2.72. The molecule has 1 aromatic carbocycles. The molecule has 2 aromatic heterocycles. The first kappa shape index (κ1) is 23.8. The van der Waals surface area contributed by atoms with Gasteiger partial charge in [0, 0.05) is 16.5 Å². The van der Waals surface area contributed by atoms with Crippen LogP contribution in [0.3, 0.4) is 0 Å². The first-order valence-corrected chi connectivity index (χ1v) is 12.2. The van der Waals surface area contributed by atoms with Gasteiger partial charge in [-0.25, -0.2) is 9.79 Å². The molecule has 178 valence electrons. The number of hydrogen-bond acceptors (Lipinski definition) is 9. The monoisotopic (exact) mass is 500 g/mol. The van der Waals surface area contributed by atoms with Crippen LogP contribution in [0.15, 0.2) is 50.7 Å². The van der Waals surface area contributed by atoms with Gasteiger partial charge in [0.25, 0.3) is 5.56 Å². The minimum atomic E-state index is -0.607. The summed E-state index contributed by atoms with van der Waals surface area (Å²) in [6.07, 6.45) is 1.74. The third-order valence-corrected chi connectivity index (χ3v) is 7.26. The number of fused-ring (bicyclic) bond motifs is 1. The highest BCUT2D eigenvalue weighted by Gasteiger charge is 2.33. The maximum absolute atomic E-state index is 13.6. The van der Waals surface area contributed by atoms with E-state index in [2.05, 4.69) is 4.99 Å². The van der Waals surface area contributed by atoms with E-state index in [9.17, 15) is 9.59 Å². The summed E-state index contributed by atoms with van der Waals surface area (Å²) in [4.78, 5) is 32.5. The average Bonchev–Trinajstić information content (AvgIpc) is 3.46. The molecule has 0 saturated carbocycles. The lowest BCUT2D eigenvalue weighted by Crippen LogP contribution is -2.39. The number of aromatic nitrogens is 1. The Labute approximate surface area is 204 Å². The van der Waals surface area contributed by atoms with E-state index in [0.717, 1.165) is 4.88 Å². The Balaban J connectivity index is 1.94. The number of esters is 1. The SMILES string of the molecule is CCOC(=O)C1=C(C)N=c2sc(=Cc3cc(OC)c(OC)cc3OC)c(=O)n2[C@@H]1c1cccs1. The topological polar surface area (TPSA) is 88.4 Å². The molecule has 0 spiro atoms. The molecular weight excluding hydrogens is 476 g/mol. The Hall–Kier alpha value is -3.37. The van der Waals surface area contributed by atoms with Crippen molar-refractivity contribution >= 4 is 34.7 Å². The van der Waals surface area contributed by atoms with Gasteiger partial charge in [0.1, 0.15) is 11.8 Å². The first-order valence-electron chi connectivity index (χ1n) is 10.5. The summed E-state index contributed by atoms with van der Waals surface area (Å²) in [7, 11) is 4.64. The fraction of sp³-hybridized carbons (Fsp3) is 0.292. The molecule has 10 heteroatoms. The first-order chi connectivity index (χ1) is 16.4. The van der Waals surface area contributed by atoms with Crippen LogP contribution in [0.4, 0.5) is 0 Å². The highest BCUT2D eigenvalue weighted by atomic mass is 32.1. The Morgan fingerprint density at radius 1 is 1.15 bits per heavy atom. The van der Waals surface area contributed by atoms with Crippen LogP contribution in [-0.4, -0.2) is 38.5 Å². The minimum absolute atomic E-state index is 0.232. The lowest BCUT2D eigenvalue weighted by molar-refractivity contribution is -0.139. The van der Waals surface area contributed by atoms with Crippen molar-refractivity contribution in [1.82, 2.24) is 4.57 Å². The van der Waals surface area contributed by atoms with E-state index >= 15 is 0 Å². The highest BCUT2D eigenvalue weighted by molar-refractivity contribution is 7.10. The summed E-state index contributed by atoms with van der Waals surface area (Å²) < 4.78 is 23.6. The van der Waals surface area contributed by atoms with Crippen LogP contribution in [0.25, 0.3) is 6.08 Å². The van der Waals surface area contributed by atoms with Crippen LogP contribution >= 0.6 is 22.7 Å². The molecule has 4 rings (SSSR count). The van der Waals surface area contributed by atoms with Crippen LogP contribution in [0.1, 0.15) is 30.3 Å². The zero-order valence-electron chi connectivity index (χ0n) is 19.4. The molecule has 0 saturated heterocycles. The fourth-order valence-corrected chi connectivity index (χ4v) is 5.68. The number of allylic oxidation sites excluding steroid dienone is 1. The van der Waals surface area contributed by atoms with Crippen molar-refractivity contribution in [1.29, 1.82) is 0 Å². The van der Waals surface area contributed by atoms with Gasteiger partial charge in [-0.2, -0.15) is 0 Å². The Bertz CT molecular complexity index is 1430. The number of thiophene rings is 1. The molecule has 1 aliphatic heterocycles. The molecule has 0 radical (unpaired) electrons. The third-order valence-electron chi connectivity index (χ3n) is 5.35. The van der Waals surface area contributed by atoms with E-state index < -0.39 is 12.0 Å². The average molecular weight is 501 g/mol. The standard InChI is InChI=1S/C24H24N2O6S2/c1-6-32-23(28)20-13(2)25-24-26(21(20)18-8-7-9-33-18)22(27)19(34-24)11-14-10-16(30-4)17(31-5)12-15(14)29-3/h7-12,21H,6H2,1-5H3/t21-/m1/s1. The van der Waals surface area contributed by atoms with Crippen LogP contribution < -0.4 is 29.1 Å². The van der Waals surface area contributed by atoms with Gasteiger partial charge in [0.15, 0.2) is 16.3 Å². The van der Waals surface area contributed by atoms with Gasteiger partial charge < -0.3 is 18.9 Å². The molecule has 0 bridgehead atoms. The van der Waals surface area contributed by atoms with Crippen LogP contribution in [0.5, 0.6) is 17.2 Å². The number of thiazole rings is 1. The Kier molecular flexibility index (Phi) is 6.90. The number of benzene rings is 1. The van der Waals surface area contributed by atoms with Gasteiger partial charge in [-0.1, -0.05) is 17.4 Å². The van der Waals surface area contributed by atoms with Crippen molar-refractivity contribution in [3.63, 3.8) is 0 Å². The number of methoxy groups -OCH3 is 3. The van der Waals surface area contributed by atoms with E-state index in [-0.39, 0.29) is 12.2 Å². The Morgan fingerprint density at radius 3 is 2.47 bits per heavy atom. The third kappa shape index (κ3) is 4.14. The Morgan fingerprint density at radius 2 is 1.85 bits per heavy atom. The normalized spacial score (nSPS) is 15.6. The van der Waals surface area contributed by atoms with Gasteiger partial charge in [0.05, 0.1) is 43.7 Å². The van der Waals surface area contributed by atoms with Crippen molar-refractivity contribution in [2.75, 3.05) is 27.9 Å². The largest absolute Gasteiger partial charge is 0.496 e. The number of ether oxygens (including phenoxy) is 4. The number of hydrogen-bond donors (Lipinski definition) is 0. The van der Waals surface area contributed by atoms with Gasteiger partial charge >= 0.3 is 5.97 Å². The quantitative estimate of drug-likeness (QED) is 0.464. The second-order valence-electron chi connectivity index (χ2n) is 7.27. The fourth-order valence-electron chi connectivity index (χ4n) is 3.81. The highest BCUT2D eigenvalue weighted by Crippen LogP contribution is 2.35. The van der Waals surface area contributed by atoms with E-state index in [1.165, 1.54) is 22.7 Å². The van der Waals surface area contributed by atoms with Crippen LogP contribution in [-0.2, 0) is 9.53 Å². The van der Waals surface area contributed by atoms with E-state index in [1.807, 2.05) is 17.5 Å². The molecule has 1 atom stereocenters. The zero-order chi connectivity index (χ0) is 24.4. The van der Waals surface area contributed by atoms with Gasteiger partial charge in [-0.05, 0) is 37.4 Å². The number of nitrogens with zero attached hydrogens (tertiary/aromatic N) is 2. The predicted molar refractivity (Wildman–Crippen MR) is 131 cm³/mol. The van der Waals surface area contributed by atoms with Crippen LogP contribution in [0.2, 0.25) is 0 Å². The smallest absolute Gasteiger partial charge is 0.338 e. The van der Waals surface area contributed by atoms with Crippen molar-refractivity contribution in [3.8, 4) is 17.2 Å². The number of carbonyl (C=O) groups excluding carboxylic acids is 1. The second-order valence-corrected chi connectivity index (χ2v) is 9.26. The summed E-state index contributed by atoms with van der Waals surface area (Å²) in [5, 5.41) is 1.91. The maximum atomic E-state index is 13.6. The number of carbonyl (C=O) groups is 1. The van der Waals surface area contributed by atoms with Crippen molar-refractivity contribution in [2.45, 2.75) is 19.9 Å². The molecule has 0 N–H and O–H groups in total. The van der Waals surface area contributed by atoms with E-state index in [1.54, 1.807) is 58.0 Å². The van der Waals surface area contributed by atoms with E-state index in [4.69, 9.17) is 18.9 Å². The summed E-state index contributed by atoms with van der Waals surface area (Å²) in [6, 6.07) is 6.65. The number of rotatable bonds is 7. The van der Waals surface area contributed by atoms with Crippen molar-refractivity contribution in [2.24, 2.45) is 4.99 Å². The molecule has 8 nitrogen and oxygen atoms in total. The zero-order valence-corrected chi connectivity index (χ0v) is 21.0. The van der Waals surface area contributed by atoms with Crippen LogP contribution in [0, 0.1) is 0 Å². The molecule has 0 aliphatic carbocycles. The predicted octanol–water partition coefficient (Wildman–Crippen LogP) is 2.89. The lowest BCUT2D eigenvalue weighted by atomic mass is 10.0. The van der Waals surface area contributed by atoms with Gasteiger partial charge in [-0.15, -0.1) is 11.3 Å². The molecule has 1 aliphatic rings. The molecule has 3 heterocycles. The molecule has 0 unspecified atom stereocenters.